The van der Waals surface area contributed by atoms with Crippen LogP contribution in [0.5, 0.6) is 0 Å². The van der Waals surface area contributed by atoms with Crippen LogP contribution in [0.3, 0.4) is 0 Å². The SMILES string of the molecule is CCn1c2ccccc2c2c(-c3ccccc3)cc(C)cc21.CCn1c2ccccc2c2c(-c3ccccc3)cc(C)cc21. The summed E-state index contributed by atoms with van der Waals surface area (Å²) in [6, 6.07) is 48.1. The van der Waals surface area contributed by atoms with Crippen molar-refractivity contribution in [3.05, 3.63) is 145 Å². The summed E-state index contributed by atoms with van der Waals surface area (Å²) in [5, 5.41) is 5.43. The van der Waals surface area contributed by atoms with Crippen LogP contribution in [0.4, 0.5) is 0 Å². The number of rotatable bonds is 4. The molecule has 216 valence electrons. The zero-order valence-corrected chi connectivity index (χ0v) is 26.0. The smallest absolute Gasteiger partial charge is 0.0500 e. The van der Waals surface area contributed by atoms with Crippen molar-refractivity contribution in [1.82, 2.24) is 9.13 Å². The lowest BCUT2D eigenvalue weighted by Gasteiger charge is -2.08. The third-order valence-corrected chi connectivity index (χ3v) is 8.84. The van der Waals surface area contributed by atoms with E-state index in [1.165, 1.54) is 77.0 Å². The Labute approximate surface area is 259 Å². The molecule has 0 aliphatic rings. The summed E-state index contributed by atoms with van der Waals surface area (Å²) in [5.74, 6) is 0. The molecule has 0 radical (unpaired) electrons. The maximum absolute atomic E-state index is 2.42. The van der Waals surface area contributed by atoms with Crippen molar-refractivity contribution in [3.63, 3.8) is 0 Å². The van der Waals surface area contributed by atoms with Gasteiger partial charge in [-0.2, -0.15) is 0 Å². The molecule has 2 heteroatoms. The summed E-state index contributed by atoms with van der Waals surface area (Å²) >= 11 is 0. The maximum Gasteiger partial charge on any atom is 0.0500 e. The molecule has 0 saturated carbocycles. The van der Waals surface area contributed by atoms with Gasteiger partial charge in [-0.15, -0.1) is 0 Å². The number of benzene rings is 6. The first-order chi connectivity index (χ1) is 21.6. The molecule has 0 bridgehead atoms. The van der Waals surface area contributed by atoms with E-state index >= 15 is 0 Å². The van der Waals surface area contributed by atoms with Crippen LogP contribution in [-0.4, -0.2) is 9.13 Å². The van der Waals surface area contributed by atoms with E-state index in [1.54, 1.807) is 0 Å². The Morgan fingerprint density at radius 2 is 0.773 bits per heavy atom. The summed E-state index contributed by atoms with van der Waals surface area (Å²) in [4.78, 5) is 0. The maximum atomic E-state index is 2.42. The molecular formula is C42H38N2. The lowest BCUT2D eigenvalue weighted by molar-refractivity contribution is 0.827. The molecule has 0 spiro atoms. The first-order valence-electron chi connectivity index (χ1n) is 15.7. The average molecular weight is 571 g/mol. The predicted molar refractivity (Wildman–Crippen MR) is 191 cm³/mol. The highest BCUT2D eigenvalue weighted by atomic mass is 15.0. The van der Waals surface area contributed by atoms with Gasteiger partial charge in [-0.25, -0.2) is 0 Å². The second-order valence-electron chi connectivity index (χ2n) is 11.7. The fraction of sp³-hybridized carbons (Fsp3) is 0.143. The lowest BCUT2D eigenvalue weighted by atomic mass is 9.97. The van der Waals surface area contributed by atoms with Gasteiger partial charge in [0.1, 0.15) is 0 Å². The first-order valence-corrected chi connectivity index (χ1v) is 15.7. The number of hydrogen-bond acceptors (Lipinski definition) is 0. The number of aromatic nitrogens is 2. The van der Waals surface area contributed by atoms with E-state index in [0.717, 1.165) is 13.1 Å². The van der Waals surface area contributed by atoms with Crippen LogP contribution in [0.2, 0.25) is 0 Å². The number of hydrogen-bond donors (Lipinski definition) is 0. The van der Waals surface area contributed by atoms with Crippen molar-refractivity contribution in [1.29, 1.82) is 0 Å². The van der Waals surface area contributed by atoms with Gasteiger partial charge in [0, 0.05) is 56.7 Å². The van der Waals surface area contributed by atoms with Crippen LogP contribution in [0, 0.1) is 13.8 Å². The Kier molecular flexibility index (Phi) is 7.28. The van der Waals surface area contributed by atoms with Crippen molar-refractivity contribution in [2.75, 3.05) is 0 Å². The minimum Gasteiger partial charge on any atom is -0.341 e. The van der Waals surface area contributed by atoms with Crippen LogP contribution in [-0.2, 0) is 13.1 Å². The molecule has 0 unspecified atom stereocenters. The molecule has 0 aliphatic carbocycles. The molecular weight excluding hydrogens is 532 g/mol. The topological polar surface area (TPSA) is 9.86 Å². The van der Waals surface area contributed by atoms with Crippen molar-refractivity contribution < 1.29 is 0 Å². The van der Waals surface area contributed by atoms with Gasteiger partial charge in [0.15, 0.2) is 0 Å². The predicted octanol–water partition coefficient (Wildman–Crippen LogP) is 11.6. The summed E-state index contributed by atoms with van der Waals surface area (Å²) < 4.78 is 4.84. The van der Waals surface area contributed by atoms with Gasteiger partial charge >= 0.3 is 0 Å². The van der Waals surface area contributed by atoms with Crippen LogP contribution < -0.4 is 0 Å². The molecule has 0 fully saturated rings. The second-order valence-corrected chi connectivity index (χ2v) is 11.7. The van der Waals surface area contributed by atoms with E-state index in [9.17, 15) is 0 Å². The van der Waals surface area contributed by atoms with Gasteiger partial charge in [-0.3, -0.25) is 0 Å². The number of para-hydroxylation sites is 2. The zero-order valence-electron chi connectivity index (χ0n) is 26.0. The first kappa shape index (κ1) is 27.7. The van der Waals surface area contributed by atoms with Crippen molar-refractivity contribution in [2.45, 2.75) is 40.8 Å². The molecule has 44 heavy (non-hydrogen) atoms. The molecule has 0 aliphatic heterocycles. The third kappa shape index (κ3) is 4.68. The van der Waals surface area contributed by atoms with Gasteiger partial charge in [0.25, 0.3) is 0 Å². The van der Waals surface area contributed by atoms with Gasteiger partial charge in [0.05, 0.1) is 0 Å². The molecule has 2 aromatic heterocycles. The van der Waals surface area contributed by atoms with Crippen LogP contribution in [0.25, 0.3) is 65.9 Å². The number of aryl methyl sites for hydroxylation is 4. The fourth-order valence-corrected chi connectivity index (χ4v) is 7.00. The molecule has 0 saturated heterocycles. The largest absolute Gasteiger partial charge is 0.341 e. The van der Waals surface area contributed by atoms with Crippen molar-refractivity contribution in [3.8, 4) is 22.3 Å². The summed E-state index contributed by atoms with van der Waals surface area (Å²) in [5.41, 5.74) is 13.2. The van der Waals surface area contributed by atoms with Gasteiger partial charge in [-0.1, -0.05) is 109 Å². The Morgan fingerprint density at radius 1 is 0.409 bits per heavy atom. The summed E-state index contributed by atoms with van der Waals surface area (Å²) in [6.45, 7) is 10.8. The van der Waals surface area contributed by atoms with Crippen LogP contribution >= 0.6 is 0 Å². The fourth-order valence-electron chi connectivity index (χ4n) is 7.00. The van der Waals surface area contributed by atoms with E-state index in [-0.39, 0.29) is 0 Å². The minimum absolute atomic E-state index is 0.988. The highest BCUT2D eigenvalue weighted by Gasteiger charge is 2.16. The molecule has 6 aromatic carbocycles. The van der Waals surface area contributed by atoms with Crippen molar-refractivity contribution >= 4 is 43.6 Å². The molecule has 0 N–H and O–H groups in total. The Hall–Kier alpha value is -5.08. The van der Waals surface area contributed by atoms with Gasteiger partial charge < -0.3 is 9.13 Å². The van der Waals surface area contributed by atoms with E-state index in [2.05, 4.69) is 170 Å². The minimum atomic E-state index is 0.988. The zero-order chi connectivity index (χ0) is 30.2. The van der Waals surface area contributed by atoms with Crippen LogP contribution in [0.15, 0.2) is 133 Å². The Balaban J connectivity index is 0.000000142. The normalized spacial score (nSPS) is 11.4. The van der Waals surface area contributed by atoms with Crippen LogP contribution in [0.1, 0.15) is 25.0 Å². The molecule has 2 heterocycles. The number of nitrogens with zero attached hydrogens (tertiary/aromatic N) is 2. The molecule has 8 aromatic rings. The van der Waals surface area contributed by atoms with E-state index in [4.69, 9.17) is 0 Å². The third-order valence-electron chi connectivity index (χ3n) is 8.84. The van der Waals surface area contributed by atoms with Gasteiger partial charge in [-0.05, 0) is 85.3 Å². The molecule has 8 rings (SSSR count). The second kappa shape index (κ2) is 11.5. The molecule has 0 atom stereocenters. The van der Waals surface area contributed by atoms with E-state index in [0.29, 0.717) is 0 Å². The lowest BCUT2D eigenvalue weighted by Crippen LogP contribution is -1.93. The highest BCUT2D eigenvalue weighted by molar-refractivity contribution is 6.16. The van der Waals surface area contributed by atoms with E-state index in [1.807, 2.05) is 0 Å². The Bertz CT molecular complexity index is 2090. The average Bonchev–Trinajstić information content (AvgIpc) is 3.56. The monoisotopic (exact) mass is 570 g/mol. The quantitative estimate of drug-likeness (QED) is 0.199. The molecule has 0 amide bonds. The highest BCUT2D eigenvalue weighted by Crippen LogP contribution is 2.39. The van der Waals surface area contributed by atoms with E-state index < -0.39 is 0 Å². The van der Waals surface area contributed by atoms with Gasteiger partial charge in [0.2, 0.25) is 0 Å². The number of fused-ring (bicyclic) bond motifs is 6. The Morgan fingerprint density at radius 3 is 1.16 bits per heavy atom. The summed E-state index contributed by atoms with van der Waals surface area (Å²) in [7, 11) is 0. The van der Waals surface area contributed by atoms with Crippen molar-refractivity contribution in [2.24, 2.45) is 0 Å². The standard InChI is InChI=1S/2C21H19N/c2*1-3-22-19-12-8-7-11-17(19)21-18(13-15(2)14-20(21)22)16-9-5-4-6-10-16/h2*4-14H,3H2,1-2H3. The molecule has 2 nitrogen and oxygen atoms in total. The summed E-state index contributed by atoms with van der Waals surface area (Å²) in [6.07, 6.45) is 0.